The third-order valence-electron chi connectivity index (χ3n) is 5.76. The molecule has 5 heteroatoms. The van der Waals surface area contributed by atoms with Crippen LogP contribution in [0.15, 0.2) is 28.9 Å². The smallest absolute Gasteiger partial charge is 0.165 e. The zero-order chi connectivity index (χ0) is 21.0. The summed E-state index contributed by atoms with van der Waals surface area (Å²) in [6.07, 6.45) is 3.32. The van der Waals surface area contributed by atoms with Crippen molar-refractivity contribution in [1.29, 1.82) is 0 Å². The van der Waals surface area contributed by atoms with E-state index in [1.54, 1.807) is 0 Å². The second-order valence-electron chi connectivity index (χ2n) is 8.77. The molecule has 0 N–H and O–H groups in total. The molecule has 0 bridgehead atoms. The van der Waals surface area contributed by atoms with Crippen LogP contribution in [0.25, 0.3) is 27.8 Å². The van der Waals surface area contributed by atoms with Gasteiger partial charge in [0.15, 0.2) is 5.65 Å². The summed E-state index contributed by atoms with van der Waals surface area (Å²) in [5.41, 5.74) is 8.89. The van der Waals surface area contributed by atoms with Crippen molar-refractivity contribution in [3.05, 3.63) is 51.4 Å². The molecule has 0 aliphatic heterocycles. The van der Waals surface area contributed by atoms with Crippen molar-refractivity contribution in [2.75, 3.05) is 0 Å². The summed E-state index contributed by atoms with van der Waals surface area (Å²) in [4.78, 5) is 5.01. The first-order valence-electron chi connectivity index (χ1n) is 10.3. The van der Waals surface area contributed by atoms with Crippen LogP contribution >= 0.6 is 15.9 Å². The van der Waals surface area contributed by atoms with Crippen LogP contribution in [-0.4, -0.2) is 19.2 Å². The van der Waals surface area contributed by atoms with Gasteiger partial charge in [-0.1, -0.05) is 35.8 Å². The van der Waals surface area contributed by atoms with Crippen LogP contribution < -0.4 is 0 Å². The Bertz CT molecular complexity index is 1210. The van der Waals surface area contributed by atoms with E-state index in [9.17, 15) is 0 Å². The van der Waals surface area contributed by atoms with Crippen LogP contribution in [-0.2, 0) is 0 Å². The minimum absolute atomic E-state index is 0.401. The van der Waals surface area contributed by atoms with Gasteiger partial charge in [-0.25, -0.2) is 4.98 Å². The monoisotopic (exact) mass is 452 g/mol. The summed E-state index contributed by atoms with van der Waals surface area (Å²) >= 11 is 3.79. The molecule has 0 spiro atoms. The molecule has 3 heterocycles. The van der Waals surface area contributed by atoms with E-state index in [-0.39, 0.29) is 0 Å². The molecule has 4 aromatic rings. The van der Waals surface area contributed by atoms with Crippen LogP contribution in [0.5, 0.6) is 0 Å². The van der Waals surface area contributed by atoms with Gasteiger partial charge < -0.3 is 4.57 Å². The molecule has 4 rings (SSSR count). The van der Waals surface area contributed by atoms with Crippen molar-refractivity contribution >= 4 is 32.6 Å². The van der Waals surface area contributed by atoms with Crippen LogP contribution in [0.2, 0.25) is 0 Å². The highest BCUT2D eigenvalue weighted by Gasteiger charge is 2.22. The van der Waals surface area contributed by atoms with Crippen LogP contribution in [0.1, 0.15) is 55.7 Å². The van der Waals surface area contributed by atoms with Crippen LogP contribution in [0, 0.1) is 33.6 Å². The molecular weight excluding hydrogens is 424 g/mol. The molecule has 29 heavy (non-hydrogen) atoms. The molecule has 0 fully saturated rings. The Hall–Kier alpha value is -2.14. The minimum atomic E-state index is 0.401. The summed E-state index contributed by atoms with van der Waals surface area (Å²) in [5, 5.41) is 6.14. The molecule has 4 nitrogen and oxygen atoms in total. The summed E-state index contributed by atoms with van der Waals surface area (Å²) in [5.74, 6) is 0.641. The van der Waals surface area contributed by atoms with E-state index >= 15 is 0 Å². The highest BCUT2D eigenvalue weighted by atomic mass is 79.9. The number of fused-ring (bicyclic) bond motifs is 3. The van der Waals surface area contributed by atoms with Gasteiger partial charge >= 0.3 is 0 Å². The first-order chi connectivity index (χ1) is 13.7. The molecular formula is C24H29BrN4. The first kappa shape index (κ1) is 20.1. The van der Waals surface area contributed by atoms with E-state index in [4.69, 9.17) is 10.1 Å². The molecule has 0 saturated carbocycles. The highest BCUT2D eigenvalue weighted by molar-refractivity contribution is 9.10. The fraction of sp³-hybridized carbons (Fsp3) is 0.417. The summed E-state index contributed by atoms with van der Waals surface area (Å²) < 4.78 is 5.51. The van der Waals surface area contributed by atoms with Gasteiger partial charge in [-0.2, -0.15) is 9.61 Å². The van der Waals surface area contributed by atoms with Crippen molar-refractivity contribution in [2.45, 2.75) is 60.9 Å². The largest absolute Gasteiger partial charge is 0.330 e. The molecule has 0 saturated heterocycles. The second-order valence-corrected chi connectivity index (χ2v) is 9.62. The molecule has 0 amide bonds. The fourth-order valence-electron chi connectivity index (χ4n) is 4.61. The van der Waals surface area contributed by atoms with Gasteiger partial charge in [-0.15, -0.1) is 0 Å². The van der Waals surface area contributed by atoms with Crippen molar-refractivity contribution in [3.8, 4) is 11.1 Å². The number of halogens is 1. The Labute approximate surface area is 181 Å². The van der Waals surface area contributed by atoms with Crippen molar-refractivity contribution in [1.82, 2.24) is 19.2 Å². The molecule has 1 aromatic carbocycles. The highest BCUT2D eigenvalue weighted by Crippen LogP contribution is 2.38. The number of hydrogen-bond acceptors (Lipinski definition) is 2. The lowest BCUT2D eigenvalue weighted by Crippen LogP contribution is -2.10. The van der Waals surface area contributed by atoms with Crippen LogP contribution in [0.4, 0.5) is 0 Å². The predicted octanol–water partition coefficient (Wildman–Crippen LogP) is 6.95. The third-order valence-corrected chi connectivity index (χ3v) is 6.38. The number of benzene rings is 1. The summed E-state index contributed by atoms with van der Waals surface area (Å²) in [6, 6.07) is 6.97. The lowest BCUT2D eigenvalue weighted by Gasteiger charge is -2.18. The first-order valence-corrected chi connectivity index (χ1v) is 11.1. The lowest BCUT2D eigenvalue weighted by molar-refractivity contribution is 0.434. The average Bonchev–Trinajstić information content (AvgIpc) is 3.17. The Balaban J connectivity index is 2.06. The molecule has 3 aromatic heterocycles. The van der Waals surface area contributed by atoms with Gasteiger partial charge in [-0.05, 0) is 70.2 Å². The molecule has 0 aliphatic rings. The Morgan fingerprint density at radius 2 is 1.72 bits per heavy atom. The maximum Gasteiger partial charge on any atom is 0.165 e. The van der Waals surface area contributed by atoms with E-state index in [1.807, 2.05) is 0 Å². The minimum Gasteiger partial charge on any atom is -0.330 e. The zero-order valence-corrected chi connectivity index (χ0v) is 19.9. The van der Waals surface area contributed by atoms with E-state index < -0.39 is 0 Å². The van der Waals surface area contributed by atoms with E-state index in [2.05, 4.69) is 97.9 Å². The Kier molecular flexibility index (Phi) is 5.06. The van der Waals surface area contributed by atoms with Crippen molar-refractivity contribution in [2.24, 2.45) is 5.92 Å². The molecule has 0 radical (unpaired) electrons. The number of aryl methyl sites for hydroxylation is 4. The molecule has 1 atom stereocenters. The van der Waals surface area contributed by atoms with Crippen molar-refractivity contribution < 1.29 is 0 Å². The van der Waals surface area contributed by atoms with E-state index in [0.717, 1.165) is 39.1 Å². The van der Waals surface area contributed by atoms with Crippen LogP contribution in [0.3, 0.4) is 0 Å². The third kappa shape index (κ3) is 3.29. The predicted molar refractivity (Wildman–Crippen MR) is 125 cm³/mol. The number of nitrogens with zero attached hydrogens (tertiary/aromatic N) is 4. The topological polar surface area (TPSA) is 35.1 Å². The fourth-order valence-corrected chi connectivity index (χ4v) is 5.48. The van der Waals surface area contributed by atoms with Gasteiger partial charge in [0.1, 0.15) is 5.65 Å². The lowest BCUT2D eigenvalue weighted by atomic mass is 9.99. The standard InChI is InChI=1S/C24H29BrN4/c1-13(2)10-16(5)28-9-8-19-17(6)26-23-22(18(7)27-29(23)24(19)28)21-15(4)11-14(3)12-20(21)25/h8-9,11-13,16H,10H2,1-7H3. The maximum atomic E-state index is 5.01. The molecule has 1 unspecified atom stereocenters. The summed E-state index contributed by atoms with van der Waals surface area (Å²) in [7, 11) is 0. The van der Waals surface area contributed by atoms with Gasteiger partial charge in [0.2, 0.25) is 0 Å². The SMILES string of the molecule is Cc1cc(C)c(-c2c(C)nn3c2nc(C)c2ccn(C(C)CC(C)C)c23)c(Br)c1. The maximum absolute atomic E-state index is 5.01. The normalized spacial score (nSPS) is 13.1. The number of aromatic nitrogens is 4. The average molecular weight is 453 g/mol. The zero-order valence-electron chi connectivity index (χ0n) is 18.3. The Morgan fingerprint density at radius 3 is 2.38 bits per heavy atom. The quantitative estimate of drug-likeness (QED) is 0.335. The van der Waals surface area contributed by atoms with E-state index in [1.165, 1.54) is 22.1 Å². The van der Waals surface area contributed by atoms with Gasteiger partial charge in [0.25, 0.3) is 0 Å². The second kappa shape index (κ2) is 7.28. The van der Waals surface area contributed by atoms with Gasteiger partial charge in [-0.3, -0.25) is 0 Å². The number of rotatable bonds is 4. The summed E-state index contributed by atoms with van der Waals surface area (Å²) in [6.45, 7) is 15.3. The van der Waals surface area contributed by atoms with Gasteiger partial charge in [0.05, 0.1) is 17.0 Å². The van der Waals surface area contributed by atoms with Gasteiger partial charge in [0, 0.05) is 27.7 Å². The molecule has 152 valence electrons. The van der Waals surface area contributed by atoms with Crippen molar-refractivity contribution in [3.63, 3.8) is 0 Å². The Morgan fingerprint density at radius 1 is 1.00 bits per heavy atom. The molecule has 0 aliphatic carbocycles. The van der Waals surface area contributed by atoms with E-state index in [0.29, 0.717) is 12.0 Å². The number of hydrogen-bond donors (Lipinski definition) is 0.